The van der Waals surface area contributed by atoms with Crippen molar-refractivity contribution in [3.63, 3.8) is 0 Å². The predicted molar refractivity (Wildman–Crippen MR) is 147 cm³/mol. The maximum Gasteiger partial charge on any atom is 0.251 e. The Morgan fingerprint density at radius 1 is 1.05 bits per heavy atom. The Balaban J connectivity index is 1.33. The van der Waals surface area contributed by atoms with E-state index in [9.17, 15) is 9.90 Å². The van der Waals surface area contributed by atoms with Crippen LogP contribution < -0.4 is 15.4 Å². The zero-order valence-electron chi connectivity index (χ0n) is 21.9. The number of benzene rings is 3. The van der Waals surface area contributed by atoms with E-state index in [1.54, 1.807) is 0 Å². The molecule has 3 aromatic carbocycles. The van der Waals surface area contributed by atoms with Crippen LogP contribution in [0.5, 0.6) is 5.75 Å². The van der Waals surface area contributed by atoms with Crippen molar-refractivity contribution < 1.29 is 14.6 Å². The molecule has 194 valence electrons. The topological polar surface area (TPSA) is 70.6 Å². The lowest BCUT2D eigenvalue weighted by molar-refractivity contribution is -0.0382. The van der Waals surface area contributed by atoms with Crippen molar-refractivity contribution in [1.29, 1.82) is 0 Å². The van der Waals surface area contributed by atoms with E-state index >= 15 is 0 Å². The maximum absolute atomic E-state index is 13.1. The van der Waals surface area contributed by atoms with Gasteiger partial charge in [0.05, 0.1) is 12.1 Å². The molecule has 5 rings (SSSR count). The van der Waals surface area contributed by atoms with Crippen LogP contribution in [0.2, 0.25) is 0 Å². The minimum atomic E-state index is -0.757. The number of aliphatic hydroxyl groups is 1. The highest BCUT2D eigenvalue weighted by Gasteiger charge is 2.45. The van der Waals surface area contributed by atoms with Crippen molar-refractivity contribution in [2.24, 2.45) is 0 Å². The number of amides is 1. The molecule has 3 aromatic rings. The number of fused-ring (bicyclic) bond motifs is 1. The highest BCUT2D eigenvalue weighted by Crippen LogP contribution is 2.49. The lowest BCUT2D eigenvalue weighted by atomic mass is 9.72. The monoisotopic (exact) mass is 498 g/mol. The van der Waals surface area contributed by atoms with E-state index in [1.807, 2.05) is 61.5 Å². The highest BCUT2D eigenvalue weighted by atomic mass is 16.5. The number of nitrogens with one attached hydrogen (secondary N) is 2. The fraction of sp³-hybridized carbons (Fsp3) is 0.406. The average molecular weight is 499 g/mol. The summed E-state index contributed by atoms with van der Waals surface area (Å²) in [6.45, 7) is 4.51. The van der Waals surface area contributed by atoms with Gasteiger partial charge in [0.25, 0.3) is 5.91 Å². The summed E-state index contributed by atoms with van der Waals surface area (Å²) in [6.07, 6.45) is 5.01. The van der Waals surface area contributed by atoms with Gasteiger partial charge in [-0.3, -0.25) is 4.79 Å². The normalized spacial score (nSPS) is 19.3. The first-order valence-electron chi connectivity index (χ1n) is 13.6. The Hall–Kier alpha value is -3.15. The maximum atomic E-state index is 13.1. The van der Waals surface area contributed by atoms with Gasteiger partial charge in [0.2, 0.25) is 0 Å². The molecule has 5 heteroatoms. The average Bonchev–Trinajstić information content (AvgIpc) is 2.90. The molecule has 1 saturated carbocycles. The van der Waals surface area contributed by atoms with Crippen LogP contribution in [0.25, 0.3) is 0 Å². The molecular formula is C32H38N2O3. The molecule has 0 saturated heterocycles. The van der Waals surface area contributed by atoms with Gasteiger partial charge in [-0.1, -0.05) is 67.1 Å². The third-order valence-electron chi connectivity index (χ3n) is 7.96. The van der Waals surface area contributed by atoms with Gasteiger partial charge in [0, 0.05) is 30.1 Å². The van der Waals surface area contributed by atoms with Crippen molar-refractivity contribution in [3.05, 3.63) is 101 Å². The smallest absolute Gasteiger partial charge is 0.251 e. The van der Waals surface area contributed by atoms with E-state index in [4.69, 9.17) is 4.74 Å². The SMILES string of the molecule is CCc1ccc2c(c1)[C@@H](NC[C@H](O)[C@H](Cc1ccccc1)NC(=O)c1cccc(C)c1)CC1(CCC1)O2. The van der Waals surface area contributed by atoms with Crippen LogP contribution in [-0.2, 0) is 12.8 Å². The van der Waals surface area contributed by atoms with Gasteiger partial charge in [-0.05, 0) is 68.4 Å². The van der Waals surface area contributed by atoms with Gasteiger partial charge in [-0.2, -0.15) is 0 Å². The lowest BCUT2D eigenvalue weighted by Crippen LogP contribution is -2.52. The van der Waals surface area contributed by atoms with Crippen LogP contribution in [0.4, 0.5) is 0 Å². The molecular weight excluding hydrogens is 460 g/mol. The molecule has 1 aliphatic carbocycles. The Labute approximate surface area is 220 Å². The van der Waals surface area contributed by atoms with Crippen LogP contribution in [0.15, 0.2) is 72.8 Å². The van der Waals surface area contributed by atoms with Crippen LogP contribution in [-0.4, -0.2) is 35.3 Å². The van der Waals surface area contributed by atoms with Crippen molar-refractivity contribution >= 4 is 5.91 Å². The van der Waals surface area contributed by atoms with E-state index in [1.165, 1.54) is 17.5 Å². The first-order valence-corrected chi connectivity index (χ1v) is 13.6. The van der Waals surface area contributed by atoms with Crippen LogP contribution in [0.3, 0.4) is 0 Å². The molecule has 0 radical (unpaired) electrons. The van der Waals surface area contributed by atoms with Crippen molar-refractivity contribution in [3.8, 4) is 5.75 Å². The van der Waals surface area contributed by atoms with Crippen molar-refractivity contribution in [1.82, 2.24) is 10.6 Å². The standard InChI is InChI=1S/C32H38N2O3/c1-3-23-13-14-30-26(18-23)28(20-32(37-30)15-8-16-32)33-21-29(35)27(19-24-10-5-4-6-11-24)34-31(36)25-12-7-9-22(2)17-25/h4-7,9-14,17-18,27-29,33,35H,3,8,15-16,19-21H2,1-2H3,(H,34,36)/t27-,28-,29-/m0/s1. The molecule has 0 bridgehead atoms. The fourth-order valence-electron chi connectivity index (χ4n) is 5.59. The van der Waals surface area contributed by atoms with Gasteiger partial charge in [0.1, 0.15) is 11.4 Å². The number of carbonyl (C=O) groups excluding carboxylic acids is 1. The number of hydrogen-bond acceptors (Lipinski definition) is 4. The highest BCUT2D eigenvalue weighted by molar-refractivity contribution is 5.94. The van der Waals surface area contributed by atoms with Crippen molar-refractivity contribution in [2.45, 2.75) is 76.2 Å². The molecule has 2 aliphatic rings. The summed E-state index contributed by atoms with van der Waals surface area (Å²) in [5.74, 6) is 0.796. The number of rotatable bonds is 9. The summed E-state index contributed by atoms with van der Waals surface area (Å²) in [5.41, 5.74) is 5.08. The minimum Gasteiger partial charge on any atom is -0.487 e. The third kappa shape index (κ3) is 5.89. The quantitative estimate of drug-likeness (QED) is 0.375. The molecule has 0 aromatic heterocycles. The summed E-state index contributed by atoms with van der Waals surface area (Å²) >= 11 is 0. The van der Waals surface area contributed by atoms with Gasteiger partial charge in [0.15, 0.2) is 0 Å². The minimum absolute atomic E-state index is 0.0911. The predicted octanol–water partition coefficient (Wildman–Crippen LogP) is 5.30. The zero-order chi connectivity index (χ0) is 25.8. The third-order valence-corrected chi connectivity index (χ3v) is 7.96. The van der Waals surface area contributed by atoms with E-state index < -0.39 is 12.1 Å². The Kier molecular flexibility index (Phi) is 7.63. The summed E-state index contributed by atoms with van der Waals surface area (Å²) in [5, 5.41) is 18.2. The molecule has 1 fully saturated rings. The largest absolute Gasteiger partial charge is 0.487 e. The summed E-state index contributed by atoms with van der Waals surface area (Å²) in [4.78, 5) is 13.1. The number of hydrogen-bond donors (Lipinski definition) is 3. The first-order chi connectivity index (χ1) is 17.9. The number of ether oxygens (including phenoxy) is 1. The molecule has 1 heterocycles. The molecule has 1 amide bonds. The van der Waals surface area contributed by atoms with E-state index in [2.05, 4.69) is 35.8 Å². The van der Waals surface area contributed by atoms with E-state index in [0.717, 1.165) is 42.6 Å². The number of aryl methyl sites for hydroxylation is 2. The molecule has 5 nitrogen and oxygen atoms in total. The van der Waals surface area contributed by atoms with Crippen molar-refractivity contribution in [2.75, 3.05) is 6.54 Å². The van der Waals surface area contributed by atoms with Gasteiger partial charge in [-0.25, -0.2) is 0 Å². The second-order valence-corrected chi connectivity index (χ2v) is 10.7. The Morgan fingerprint density at radius 2 is 1.86 bits per heavy atom. The first kappa shape index (κ1) is 25.5. The molecule has 1 aliphatic heterocycles. The summed E-state index contributed by atoms with van der Waals surface area (Å²) < 4.78 is 6.47. The molecule has 3 N–H and O–H groups in total. The molecule has 1 spiro atoms. The molecule has 3 atom stereocenters. The van der Waals surface area contributed by atoms with E-state index in [0.29, 0.717) is 18.5 Å². The fourth-order valence-corrected chi connectivity index (χ4v) is 5.59. The molecule has 37 heavy (non-hydrogen) atoms. The Bertz CT molecular complexity index is 1220. The lowest BCUT2D eigenvalue weighted by Gasteiger charge is -2.48. The van der Waals surface area contributed by atoms with Gasteiger partial charge < -0.3 is 20.5 Å². The second-order valence-electron chi connectivity index (χ2n) is 10.7. The van der Waals surface area contributed by atoms with Crippen LogP contribution in [0.1, 0.15) is 71.3 Å². The second kappa shape index (κ2) is 11.1. The van der Waals surface area contributed by atoms with Gasteiger partial charge >= 0.3 is 0 Å². The number of aliphatic hydroxyl groups excluding tert-OH is 1. The summed E-state index contributed by atoms with van der Waals surface area (Å²) in [6, 6.07) is 23.8. The Morgan fingerprint density at radius 3 is 2.57 bits per heavy atom. The van der Waals surface area contributed by atoms with Crippen LogP contribution in [0, 0.1) is 6.92 Å². The van der Waals surface area contributed by atoms with Crippen LogP contribution >= 0.6 is 0 Å². The molecule has 0 unspecified atom stereocenters. The number of carbonyl (C=O) groups is 1. The van der Waals surface area contributed by atoms with Gasteiger partial charge in [-0.15, -0.1) is 0 Å². The summed E-state index contributed by atoms with van der Waals surface area (Å²) in [7, 11) is 0. The van der Waals surface area contributed by atoms with E-state index in [-0.39, 0.29) is 17.6 Å². The zero-order valence-corrected chi connectivity index (χ0v) is 21.9.